The Labute approximate surface area is 137 Å². The fourth-order valence-corrected chi connectivity index (χ4v) is 3.03. The Morgan fingerprint density at radius 3 is 2.50 bits per heavy atom. The van der Waals surface area contributed by atoms with E-state index in [4.69, 9.17) is 12.2 Å². The number of hydrogen-bond donors (Lipinski definition) is 1. The van der Waals surface area contributed by atoms with E-state index in [1.807, 2.05) is 42.2 Å². The zero-order valence-electron chi connectivity index (χ0n) is 13.6. The fourth-order valence-electron chi connectivity index (χ4n) is 2.69. The van der Waals surface area contributed by atoms with E-state index >= 15 is 0 Å². The summed E-state index contributed by atoms with van der Waals surface area (Å²) in [5.74, 6) is 0.0162. The first kappa shape index (κ1) is 16.5. The molecule has 0 saturated heterocycles. The number of thiocarbonyl (C=S) groups is 1. The lowest BCUT2D eigenvalue weighted by Crippen LogP contribution is -2.49. The molecular weight excluding hydrogens is 294 g/mol. The van der Waals surface area contributed by atoms with Crippen molar-refractivity contribution in [2.24, 2.45) is 0 Å². The van der Waals surface area contributed by atoms with Crippen LogP contribution in [0.3, 0.4) is 0 Å². The molecular formula is C17H23N3OS. The molecule has 1 aliphatic rings. The molecule has 1 heterocycles. The minimum atomic E-state index is -0.197. The minimum absolute atomic E-state index is 0.0162. The summed E-state index contributed by atoms with van der Waals surface area (Å²) in [6.45, 7) is 4.89. The van der Waals surface area contributed by atoms with Crippen LogP contribution in [0.2, 0.25) is 0 Å². The maximum atomic E-state index is 12.7. The van der Waals surface area contributed by atoms with Gasteiger partial charge in [-0.25, -0.2) is 0 Å². The second kappa shape index (κ2) is 6.92. The van der Waals surface area contributed by atoms with Gasteiger partial charge in [-0.05, 0) is 31.1 Å². The first-order valence-corrected chi connectivity index (χ1v) is 7.93. The lowest BCUT2D eigenvalue weighted by atomic mass is 9.94. The number of nitrogens with one attached hydrogen (secondary N) is 1. The lowest BCUT2D eigenvalue weighted by molar-refractivity contribution is -0.125. The summed E-state index contributed by atoms with van der Waals surface area (Å²) in [4.78, 5) is 16.3. The highest BCUT2D eigenvalue weighted by Crippen LogP contribution is 2.31. The first-order chi connectivity index (χ1) is 10.5. The third-order valence-electron chi connectivity index (χ3n) is 3.81. The van der Waals surface area contributed by atoms with Gasteiger partial charge in [-0.3, -0.25) is 4.79 Å². The standard InChI is InChI=1S/C17H23N3OS/c1-5-11-20-12(2)14(16(21)19(3)4)15(18-17(20)22)13-9-7-6-8-10-13/h6-10,15H,5,11H2,1-4H3,(H,18,22). The second-order valence-corrected chi connectivity index (χ2v) is 6.03. The van der Waals surface area contributed by atoms with Crippen LogP contribution in [0.5, 0.6) is 0 Å². The molecule has 0 fully saturated rings. The molecule has 0 saturated carbocycles. The molecule has 1 aromatic carbocycles. The number of benzene rings is 1. The van der Waals surface area contributed by atoms with E-state index in [-0.39, 0.29) is 11.9 Å². The summed E-state index contributed by atoms with van der Waals surface area (Å²) < 4.78 is 0. The van der Waals surface area contributed by atoms with Crippen LogP contribution >= 0.6 is 12.2 Å². The Hall–Kier alpha value is -1.88. The molecule has 5 heteroatoms. The first-order valence-electron chi connectivity index (χ1n) is 7.52. The summed E-state index contributed by atoms with van der Waals surface area (Å²) in [5, 5.41) is 4.02. The maximum Gasteiger partial charge on any atom is 0.253 e. The summed E-state index contributed by atoms with van der Waals surface area (Å²) >= 11 is 5.51. The van der Waals surface area contributed by atoms with Crippen molar-refractivity contribution in [3.8, 4) is 0 Å². The highest BCUT2D eigenvalue weighted by Gasteiger charge is 2.33. The number of nitrogens with zero attached hydrogens (tertiary/aromatic N) is 2. The van der Waals surface area contributed by atoms with E-state index in [1.54, 1.807) is 19.0 Å². The van der Waals surface area contributed by atoms with Crippen LogP contribution in [-0.2, 0) is 4.79 Å². The largest absolute Gasteiger partial charge is 0.351 e. The molecule has 1 N–H and O–H groups in total. The molecule has 1 atom stereocenters. The molecule has 1 aliphatic heterocycles. The molecule has 4 nitrogen and oxygen atoms in total. The predicted octanol–water partition coefficient (Wildman–Crippen LogP) is 2.69. The number of carbonyl (C=O) groups is 1. The number of carbonyl (C=O) groups excluding carboxylic acids is 1. The topological polar surface area (TPSA) is 35.6 Å². The molecule has 0 aromatic heterocycles. The Kier molecular flexibility index (Phi) is 5.19. The second-order valence-electron chi connectivity index (χ2n) is 5.64. The van der Waals surface area contributed by atoms with Crippen molar-refractivity contribution in [2.45, 2.75) is 26.3 Å². The lowest BCUT2D eigenvalue weighted by Gasteiger charge is -2.38. The van der Waals surface area contributed by atoms with Gasteiger partial charge in [0.2, 0.25) is 0 Å². The van der Waals surface area contributed by atoms with E-state index in [0.29, 0.717) is 5.11 Å². The smallest absolute Gasteiger partial charge is 0.253 e. The van der Waals surface area contributed by atoms with Crippen molar-refractivity contribution in [1.29, 1.82) is 0 Å². The Morgan fingerprint density at radius 2 is 1.95 bits per heavy atom. The Bertz CT molecular complexity index is 595. The third kappa shape index (κ3) is 3.14. The zero-order chi connectivity index (χ0) is 16.3. The summed E-state index contributed by atoms with van der Waals surface area (Å²) in [6.07, 6.45) is 0.971. The zero-order valence-corrected chi connectivity index (χ0v) is 14.4. The van der Waals surface area contributed by atoms with Gasteiger partial charge >= 0.3 is 0 Å². The van der Waals surface area contributed by atoms with Gasteiger partial charge in [0.15, 0.2) is 5.11 Å². The van der Waals surface area contributed by atoms with Crippen molar-refractivity contribution in [3.63, 3.8) is 0 Å². The van der Waals surface area contributed by atoms with E-state index in [2.05, 4.69) is 12.2 Å². The van der Waals surface area contributed by atoms with Gasteiger partial charge < -0.3 is 15.1 Å². The molecule has 0 bridgehead atoms. The van der Waals surface area contributed by atoms with E-state index in [9.17, 15) is 4.79 Å². The average molecular weight is 317 g/mol. The van der Waals surface area contributed by atoms with Crippen molar-refractivity contribution in [3.05, 3.63) is 47.2 Å². The number of rotatable bonds is 4. The molecule has 0 radical (unpaired) electrons. The SMILES string of the molecule is CCCN1C(=S)NC(c2ccccc2)C(C(=O)N(C)C)=C1C. The fraction of sp³-hybridized carbons (Fsp3) is 0.412. The number of hydrogen-bond acceptors (Lipinski definition) is 2. The van der Waals surface area contributed by atoms with Crippen LogP contribution in [0.1, 0.15) is 31.9 Å². The van der Waals surface area contributed by atoms with Gasteiger partial charge in [-0.2, -0.15) is 0 Å². The monoisotopic (exact) mass is 317 g/mol. The molecule has 118 valence electrons. The van der Waals surface area contributed by atoms with Crippen LogP contribution in [0.4, 0.5) is 0 Å². The Balaban J connectivity index is 2.53. The van der Waals surface area contributed by atoms with Crippen LogP contribution in [-0.4, -0.2) is 41.5 Å². The predicted molar refractivity (Wildman–Crippen MR) is 93.3 cm³/mol. The summed E-state index contributed by atoms with van der Waals surface area (Å²) in [7, 11) is 3.56. The van der Waals surface area contributed by atoms with Gasteiger partial charge in [-0.1, -0.05) is 37.3 Å². The number of amides is 1. The van der Waals surface area contributed by atoms with Crippen LogP contribution < -0.4 is 5.32 Å². The van der Waals surface area contributed by atoms with E-state index in [0.717, 1.165) is 29.8 Å². The van der Waals surface area contributed by atoms with Gasteiger partial charge in [-0.15, -0.1) is 0 Å². The number of likely N-dealkylation sites (N-methyl/N-ethyl adjacent to an activating group) is 1. The number of allylic oxidation sites excluding steroid dienone is 1. The third-order valence-corrected chi connectivity index (χ3v) is 4.15. The molecule has 1 unspecified atom stereocenters. The normalized spacial score (nSPS) is 18.3. The van der Waals surface area contributed by atoms with Gasteiger partial charge in [0.25, 0.3) is 5.91 Å². The van der Waals surface area contributed by atoms with Crippen LogP contribution in [0.15, 0.2) is 41.6 Å². The highest BCUT2D eigenvalue weighted by atomic mass is 32.1. The van der Waals surface area contributed by atoms with Gasteiger partial charge in [0.1, 0.15) is 0 Å². The molecule has 0 spiro atoms. The van der Waals surface area contributed by atoms with Crippen molar-refractivity contribution >= 4 is 23.2 Å². The van der Waals surface area contributed by atoms with Crippen molar-refractivity contribution in [1.82, 2.24) is 15.1 Å². The van der Waals surface area contributed by atoms with E-state index < -0.39 is 0 Å². The van der Waals surface area contributed by atoms with Gasteiger partial charge in [0, 0.05) is 26.3 Å². The Morgan fingerprint density at radius 1 is 1.32 bits per heavy atom. The maximum absolute atomic E-state index is 12.7. The van der Waals surface area contributed by atoms with Crippen LogP contribution in [0, 0.1) is 0 Å². The van der Waals surface area contributed by atoms with Crippen molar-refractivity contribution < 1.29 is 4.79 Å². The molecule has 22 heavy (non-hydrogen) atoms. The van der Waals surface area contributed by atoms with Crippen molar-refractivity contribution in [2.75, 3.05) is 20.6 Å². The van der Waals surface area contributed by atoms with Gasteiger partial charge in [0.05, 0.1) is 11.6 Å². The molecule has 1 amide bonds. The van der Waals surface area contributed by atoms with E-state index in [1.165, 1.54) is 0 Å². The quantitative estimate of drug-likeness (QED) is 0.866. The highest BCUT2D eigenvalue weighted by molar-refractivity contribution is 7.80. The molecule has 0 aliphatic carbocycles. The average Bonchev–Trinajstić information content (AvgIpc) is 2.51. The van der Waals surface area contributed by atoms with Crippen LogP contribution in [0.25, 0.3) is 0 Å². The summed E-state index contributed by atoms with van der Waals surface area (Å²) in [6, 6.07) is 9.77. The summed E-state index contributed by atoms with van der Waals surface area (Å²) in [5.41, 5.74) is 2.75. The molecule has 2 rings (SSSR count). The molecule has 1 aromatic rings. The minimum Gasteiger partial charge on any atom is -0.351 e.